The van der Waals surface area contributed by atoms with E-state index < -0.39 is 0 Å². The Morgan fingerprint density at radius 1 is 1.19 bits per heavy atom. The molecular weight excluding hydrogens is 371 g/mol. The predicted molar refractivity (Wildman–Crippen MR) is 97.2 cm³/mol. The number of nitrogens with one attached hydrogen (secondary N) is 1. The molecule has 4 aromatic heterocycles. The highest BCUT2D eigenvalue weighted by Crippen LogP contribution is 2.30. The van der Waals surface area contributed by atoms with Crippen molar-refractivity contribution in [2.45, 2.75) is 13.8 Å². The van der Waals surface area contributed by atoms with E-state index in [1.807, 2.05) is 13.8 Å². The maximum atomic E-state index is 13.1. The standard InChI is InChI=1S/C17H11FN6O2S/c1-7-8(2)27-17-11(7)15(25)20-14-12(21-23-24(14)17)16-19-13(22-26-16)9-3-5-10(18)6-4-9/h3-6,23H,1-2H3. The van der Waals surface area contributed by atoms with E-state index in [-0.39, 0.29) is 28.8 Å². The number of H-pyrrole nitrogens is 1. The van der Waals surface area contributed by atoms with Crippen LogP contribution in [0.1, 0.15) is 10.4 Å². The quantitative estimate of drug-likeness (QED) is 0.503. The molecule has 0 saturated carbocycles. The molecule has 10 heteroatoms. The number of halogens is 1. The van der Waals surface area contributed by atoms with E-state index in [2.05, 4.69) is 25.4 Å². The average molecular weight is 382 g/mol. The molecule has 27 heavy (non-hydrogen) atoms. The molecule has 5 aromatic rings. The minimum Gasteiger partial charge on any atom is -0.332 e. The van der Waals surface area contributed by atoms with Gasteiger partial charge in [0.25, 0.3) is 11.4 Å². The molecule has 0 aliphatic carbocycles. The van der Waals surface area contributed by atoms with Crippen LogP contribution in [-0.4, -0.2) is 30.0 Å². The molecule has 0 aliphatic rings. The van der Waals surface area contributed by atoms with Gasteiger partial charge in [-0.05, 0) is 43.7 Å². The molecule has 0 atom stereocenters. The number of aromatic amines is 1. The number of thiophene rings is 1. The molecule has 0 aliphatic heterocycles. The van der Waals surface area contributed by atoms with Crippen molar-refractivity contribution in [3.63, 3.8) is 0 Å². The Morgan fingerprint density at radius 3 is 2.74 bits per heavy atom. The first kappa shape index (κ1) is 15.8. The smallest absolute Gasteiger partial charge is 0.282 e. The van der Waals surface area contributed by atoms with Crippen molar-refractivity contribution in [1.29, 1.82) is 0 Å². The van der Waals surface area contributed by atoms with Crippen molar-refractivity contribution < 1.29 is 8.91 Å². The van der Waals surface area contributed by atoms with Gasteiger partial charge in [-0.3, -0.25) is 4.79 Å². The molecule has 5 rings (SSSR count). The molecule has 4 heterocycles. The molecule has 8 nitrogen and oxygen atoms in total. The third-order valence-corrected chi connectivity index (χ3v) is 5.60. The topological polar surface area (TPSA) is 102 Å². The van der Waals surface area contributed by atoms with E-state index in [1.54, 1.807) is 16.6 Å². The van der Waals surface area contributed by atoms with E-state index in [0.29, 0.717) is 16.6 Å². The molecule has 0 fully saturated rings. The van der Waals surface area contributed by atoms with Crippen LogP contribution in [-0.2, 0) is 0 Å². The number of aryl methyl sites for hydroxylation is 2. The van der Waals surface area contributed by atoms with Crippen LogP contribution in [0.5, 0.6) is 0 Å². The summed E-state index contributed by atoms with van der Waals surface area (Å²) in [5, 5.41) is 11.5. The predicted octanol–water partition coefficient (Wildman–Crippen LogP) is 3.11. The monoisotopic (exact) mass is 382 g/mol. The fourth-order valence-electron chi connectivity index (χ4n) is 2.90. The van der Waals surface area contributed by atoms with Gasteiger partial charge in [0.05, 0.1) is 5.39 Å². The van der Waals surface area contributed by atoms with Gasteiger partial charge in [0.1, 0.15) is 10.6 Å². The minimum absolute atomic E-state index is 0.115. The second-order valence-corrected chi connectivity index (χ2v) is 7.23. The van der Waals surface area contributed by atoms with Gasteiger partial charge in [-0.2, -0.15) is 9.97 Å². The largest absolute Gasteiger partial charge is 0.332 e. The maximum Gasteiger partial charge on any atom is 0.282 e. The van der Waals surface area contributed by atoms with Crippen molar-refractivity contribution >= 4 is 27.2 Å². The highest BCUT2D eigenvalue weighted by molar-refractivity contribution is 7.18. The SMILES string of the molecule is Cc1sc2c(c1C)c(=O)nc1c(-c3nc(-c4ccc(F)cc4)no3)n[nH]n12. The fraction of sp³-hybridized carbons (Fsp3) is 0.118. The first-order valence-corrected chi connectivity index (χ1v) is 8.81. The molecule has 1 N–H and O–H groups in total. The van der Waals surface area contributed by atoms with Gasteiger partial charge in [0.2, 0.25) is 5.82 Å². The number of nitrogens with zero attached hydrogens (tertiary/aromatic N) is 5. The van der Waals surface area contributed by atoms with E-state index in [0.717, 1.165) is 15.3 Å². The minimum atomic E-state index is -0.352. The number of hydrogen-bond acceptors (Lipinski definition) is 7. The van der Waals surface area contributed by atoms with Crippen LogP contribution in [0.15, 0.2) is 33.6 Å². The highest BCUT2D eigenvalue weighted by atomic mass is 32.1. The molecule has 0 bridgehead atoms. The van der Waals surface area contributed by atoms with Gasteiger partial charge in [-0.1, -0.05) is 5.16 Å². The molecule has 0 unspecified atom stereocenters. The third kappa shape index (κ3) is 2.30. The van der Waals surface area contributed by atoms with Crippen LogP contribution in [0, 0.1) is 19.7 Å². The molecule has 1 aromatic carbocycles. The molecule has 0 spiro atoms. The summed E-state index contributed by atoms with van der Waals surface area (Å²) in [7, 11) is 0. The number of rotatable bonds is 2. The van der Waals surface area contributed by atoms with E-state index in [1.165, 1.54) is 23.5 Å². The lowest BCUT2D eigenvalue weighted by atomic mass is 10.2. The Morgan fingerprint density at radius 2 is 1.96 bits per heavy atom. The Bertz CT molecular complexity index is 1380. The lowest BCUT2D eigenvalue weighted by molar-refractivity contribution is 0.431. The van der Waals surface area contributed by atoms with Crippen molar-refractivity contribution in [3.8, 4) is 23.0 Å². The maximum absolute atomic E-state index is 13.1. The lowest BCUT2D eigenvalue weighted by Gasteiger charge is -1.95. The van der Waals surface area contributed by atoms with Gasteiger partial charge in [-0.25, -0.2) is 14.1 Å². The summed E-state index contributed by atoms with van der Waals surface area (Å²) in [6.45, 7) is 3.85. The summed E-state index contributed by atoms with van der Waals surface area (Å²) < 4.78 is 20.0. The molecule has 0 radical (unpaired) electrons. The van der Waals surface area contributed by atoms with Crippen LogP contribution in [0.3, 0.4) is 0 Å². The van der Waals surface area contributed by atoms with Crippen molar-refractivity contribution in [2.24, 2.45) is 0 Å². The summed E-state index contributed by atoms with van der Waals surface area (Å²) in [6, 6.07) is 5.73. The highest BCUT2D eigenvalue weighted by Gasteiger charge is 2.21. The molecular formula is C17H11FN6O2S. The number of aromatic nitrogens is 6. The zero-order chi connectivity index (χ0) is 18.7. The molecule has 0 saturated heterocycles. The van der Waals surface area contributed by atoms with Crippen LogP contribution in [0.4, 0.5) is 4.39 Å². The van der Waals surface area contributed by atoms with Crippen LogP contribution in [0.2, 0.25) is 0 Å². The number of fused-ring (bicyclic) bond motifs is 3. The van der Waals surface area contributed by atoms with Crippen LogP contribution in [0.25, 0.3) is 38.8 Å². The van der Waals surface area contributed by atoms with Gasteiger partial charge < -0.3 is 4.52 Å². The number of hydrogen-bond donors (Lipinski definition) is 1. The van der Waals surface area contributed by atoms with Gasteiger partial charge >= 0.3 is 0 Å². The second-order valence-electron chi connectivity index (χ2n) is 6.03. The summed E-state index contributed by atoms with van der Waals surface area (Å²) in [4.78, 5) is 22.7. The van der Waals surface area contributed by atoms with Gasteiger partial charge in [0, 0.05) is 10.4 Å². The van der Waals surface area contributed by atoms with E-state index in [9.17, 15) is 9.18 Å². The molecule has 134 valence electrons. The summed E-state index contributed by atoms with van der Waals surface area (Å²) >= 11 is 1.48. The lowest BCUT2D eigenvalue weighted by Crippen LogP contribution is -2.09. The number of benzene rings is 1. The summed E-state index contributed by atoms with van der Waals surface area (Å²) in [5.41, 5.74) is 1.77. The van der Waals surface area contributed by atoms with Crippen molar-refractivity contribution in [2.75, 3.05) is 0 Å². The molecule has 0 amide bonds. The Kier molecular flexibility index (Phi) is 3.25. The van der Waals surface area contributed by atoms with Crippen LogP contribution < -0.4 is 5.56 Å². The second kappa shape index (κ2) is 5.55. The van der Waals surface area contributed by atoms with E-state index >= 15 is 0 Å². The summed E-state index contributed by atoms with van der Waals surface area (Å²) in [5.74, 6) is 0.0524. The van der Waals surface area contributed by atoms with Gasteiger partial charge in [-0.15, -0.1) is 16.4 Å². The summed E-state index contributed by atoms with van der Waals surface area (Å²) in [6.07, 6.45) is 0. The fourth-order valence-corrected chi connectivity index (χ4v) is 4.00. The normalized spacial score (nSPS) is 11.7. The average Bonchev–Trinajstić information content (AvgIpc) is 3.34. The Balaban J connectivity index is 1.69. The third-order valence-electron chi connectivity index (χ3n) is 4.41. The first-order valence-electron chi connectivity index (χ1n) is 8.00. The van der Waals surface area contributed by atoms with E-state index in [4.69, 9.17) is 4.52 Å². The Labute approximate surface area is 154 Å². The van der Waals surface area contributed by atoms with Crippen molar-refractivity contribution in [1.82, 2.24) is 30.0 Å². The van der Waals surface area contributed by atoms with Crippen molar-refractivity contribution in [3.05, 3.63) is 50.9 Å². The Hall–Kier alpha value is -3.40. The first-order chi connectivity index (χ1) is 13.0. The zero-order valence-corrected chi connectivity index (χ0v) is 15.0. The zero-order valence-electron chi connectivity index (χ0n) is 14.1. The van der Waals surface area contributed by atoms with Gasteiger partial charge in [0.15, 0.2) is 11.3 Å². The van der Waals surface area contributed by atoms with Crippen LogP contribution >= 0.6 is 11.3 Å².